The lowest BCUT2D eigenvalue weighted by Gasteiger charge is -2.26. The van der Waals surface area contributed by atoms with Crippen LogP contribution in [0.25, 0.3) is 0 Å². The molecule has 1 amide bonds. The van der Waals surface area contributed by atoms with Crippen molar-refractivity contribution in [2.24, 2.45) is 0 Å². The number of alkyl carbamates (subject to hydrolysis) is 1. The first-order chi connectivity index (χ1) is 6.97. The van der Waals surface area contributed by atoms with Gasteiger partial charge in [-0.2, -0.15) is 0 Å². The Morgan fingerprint density at radius 2 is 1.87 bits per heavy atom. The molecule has 0 atom stereocenters. The molecule has 0 saturated carbocycles. The van der Waals surface area contributed by atoms with Gasteiger partial charge in [0, 0.05) is 13.1 Å². The number of hydrogen-bond donors (Lipinski definition) is 1. The van der Waals surface area contributed by atoms with Crippen LogP contribution in [0.4, 0.5) is 4.79 Å². The summed E-state index contributed by atoms with van der Waals surface area (Å²) in [6, 6.07) is 0. The SMILES string of the molecule is CC(C)(C)OC(=O)N[CH]N1CCCCC1. The van der Waals surface area contributed by atoms with Crippen LogP contribution in [0.2, 0.25) is 0 Å². The Morgan fingerprint density at radius 1 is 1.27 bits per heavy atom. The second kappa shape index (κ2) is 5.35. The van der Waals surface area contributed by atoms with Crippen LogP contribution >= 0.6 is 0 Å². The Kier molecular flexibility index (Phi) is 4.39. The fourth-order valence-corrected chi connectivity index (χ4v) is 1.50. The number of hydrogen-bond acceptors (Lipinski definition) is 3. The molecule has 0 aromatic carbocycles. The molecule has 0 unspecified atom stereocenters. The topological polar surface area (TPSA) is 41.6 Å². The van der Waals surface area contributed by atoms with Crippen molar-refractivity contribution in [2.75, 3.05) is 13.1 Å². The van der Waals surface area contributed by atoms with Gasteiger partial charge >= 0.3 is 6.09 Å². The summed E-state index contributed by atoms with van der Waals surface area (Å²) in [5, 5.41) is 2.65. The van der Waals surface area contributed by atoms with Crippen LogP contribution in [0.5, 0.6) is 0 Å². The lowest BCUT2D eigenvalue weighted by Crippen LogP contribution is -2.38. The van der Waals surface area contributed by atoms with Gasteiger partial charge in [0.1, 0.15) is 12.3 Å². The van der Waals surface area contributed by atoms with Gasteiger partial charge in [0.2, 0.25) is 0 Å². The number of amides is 1. The predicted molar refractivity (Wildman–Crippen MR) is 59.1 cm³/mol. The van der Waals surface area contributed by atoms with Gasteiger partial charge in [-0.1, -0.05) is 6.42 Å². The minimum Gasteiger partial charge on any atom is -0.444 e. The van der Waals surface area contributed by atoms with E-state index in [1.165, 1.54) is 19.3 Å². The zero-order valence-electron chi connectivity index (χ0n) is 9.88. The maximum Gasteiger partial charge on any atom is 0.409 e. The molecule has 4 heteroatoms. The molecule has 15 heavy (non-hydrogen) atoms. The van der Waals surface area contributed by atoms with Crippen LogP contribution < -0.4 is 5.32 Å². The number of likely N-dealkylation sites (tertiary alicyclic amines) is 1. The summed E-state index contributed by atoms with van der Waals surface area (Å²) in [6.45, 7) is 9.34. The van der Waals surface area contributed by atoms with Gasteiger partial charge in [0.05, 0.1) is 0 Å². The number of carbonyl (C=O) groups is 1. The number of rotatable bonds is 2. The Morgan fingerprint density at radius 3 is 2.40 bits per heavy atom. The zero-order chi connectivity index (χ0) is 11.3. The van der Waals surface area contributed by atoms with Crippen molar-refractivity contribution in [2.45, 2.75) is 45.6 Å². The van der Waals surface area contributed by atoms with E-state index in [1.54, 1.807) is 6.67 Å². The van der Waals surface area contributed by atoms with E-state index in [0.717, 1.165) is 13.1 Å². The van der Waals surface area contributed by atoms with Crippen LogP contribution in [-0.4, -0.2) is 29.7 Å². The largest absolute Gasteiger partial charge is 0.444 e. The average Bonchev–Trinajstić information content (AvgIpc) is 2.14. The van der Waals surface area contributed by atoms with Gasteiger partial charge in [-0.05, 0) is 33.6 Å². The van der Waals surface area contributed by atoms with Gasteiger partial charge in [-0.15, -0.1) is 0 Å². The first-order valence-corrected chi connectivity index (χ1v) is 5.54. The van der Waals surface area contributed by atoms with Gasteiger partial charge in [-0.25, -0.2) is 4.79 Å². The fraction of sp³-hybridized carbons (Fsp3) is 0.818. The highest BCUT2D eigenvalue weighted by atomic mass is 16.6. The monoisotopic (exact) mass is 213 g/mol. The van der Waals surface area contributed by atoms with E-state index < -0.39 is 5.60 Å². The van der Waals surface area contributed by atoms with Crippen LogP contribution in [0, 0.1) is 6.67 Å². The minimum absolute atomic E-state index is 0.381. The summed E-state index contributed by atoms with van der Waals surface area (Å²) in [5.41, 5.74) is -0.431. The van der Waals surface area contributed by atoms with Crippen molar-refractivity contribution < 1.29 is 9.53 Å². The van der Waals surface area contributed by atoms with Crippen molar-refractivity contribution in [1.29, 1.82) is 0 Å². The van der Waals surface area contributed by atoms with Crippen molar-refractivity contribution in [3.8, 4) is 0 Å². The molecular weight excluding hydrogens is 192 g/mol. The summed E-state index contributed by atoms with van der Waals surface area (Å²) >= 11 is 0. The Hall–Kier alpha value is -0.770. The van der Waals surface area contributed by atoms with E-state index in [9.17, 15) is 4.79 Å². The van der Waals surface area contributed by atoms with Crippen LogP contribution in [0.3, 0.4) is 0 Å². The van der Waals surface area contributed by atoms with Crippen molar-refractivity contribution in [3.63, 3.8) is 0 Å². The van der Waals surface area contributed by atoms with Crippen molar-refractivity contribution >= 4 is 6.09 Å². The quantitative estimate of drug-likeness (QED) is 0.764. The van der Waals surface area contributed by atoms with E-state index in [1.807, 2.05) is 20.8 Å². The molecule has 0 aromatic rings. The highest BCUT2D eigenvalue weighted by Crippen LogP contribution is 2.10. The summed E-state index contributed by atoms with van der Waals surface area (Å²) in [5.74, 6) is 0. The van der Waals surface area contributed by atoms with Crippen LogP contribution in [0.15, 0.2) is 0 Å². The number of nitrogens with one attached hydrogen (secondary N) is 1. The second-order valence-electron chi connectivity index (χ2n) is 4.87. The summed E-state index contributed by atoms with van der Waals surface area (Å²) in [4.78, 5) is 13.4. The minimum atomic E-state index is -0.431. The molecule has 4 nitrogen and oxygen atoms in total. The molecule has 1 radical (unpaired) electrons. The molecular formula is C11H21N2O2. The van der Waals surface area contributed by atoms with E-state index in [2.05, 4.69) is 10.2 Å². The Labute approximate surface area is 92.0 Å². The first-order valence-electron chi connectivity index (χ1n) is 5.54. The smallest absolute Gasteiger partial charge is 0.409 e. The second-order valence-corrected chi connectivity index (χ2v) is 4.87. The number of piperidine rings is 1. The van der Waals surface area contributed by atoms with Gasteiger partial charge in [0.25, 0.3) is 0 Å². The third kappa shape index (κ3) is 5.62. The van der Waals surface area contributed by atoms with Crippen LogP contribution in [0.1, 0.15) is 40.0 Å². The predicted octanol–water partition coefficient (Wildman–Crippen LogP) is 2.12. The highest BCUT2D eigenvalue weighted by Gasteiger charge is 2.17. The summed E-state index contributed by atoms with van der Waals surface area (Å²) in [7, 11) is 0. The third-order valence-electron chi connectivity index (χ3n) is 2.15. The van der Waals surface area contributed by atoms with Crippen molar-refractivity contribution in [3.05, 3.63) is 6.67 Å². The molecule has 0 bridgehead atoms. The molecule has 0 aliphatic carbocycles. The molecule has 1 aliphatic heterocycles. The molecule has 1 saturated heterocycles. The van der Waals surface area contributed by atoms with Crippen molar-refractivity contribution in [1.82, 2.24) is 10.2 Å². The Balaban J connectivity index is 2.15. The third-order valence-corrected chi connectivity index (χ3v) is 2.15. The van der Waals surface area contributed by atoms with E-state index >= 15 is 0 Å². The summed E-state index contributed by atoms with van der Waals surface area (Å²) in [6.07, 6.45) is 3.31. The van der Waals surface area contributed by atoms with Gasteiger partial charge < -0.3 is 10.1 Å². The maximum absolute atomic E-state index is 11.3. The first kappa shape index (κ1) is 12.3. The standard InChI is InChI=1S/C11H21N2O2/c1-11(2,3)15-10(14)12-9-13-7-5-4-6-8-13/h9H,4-8H2,1-3H3,(H,12,14). The molecule has 1 fully saturated rings. The molecule has 1 N–H and O–H groups in total. The molecule has 1 rings (SSSR count). The van der Waals surface area contributed by atoms with E-state index in [-0.39, 0.29) is 6.09 Å². The summed E-state index contributed by atoms with van der Waals surface area (Å²) < 4.78 is 5.12. The normalized spacial score (nSPS) is 18.6. The van der Waals surface area contributed by atoms with Gasteiger partial charge in [0.15, 0.2) is 0 Å². The number of ether oxygens (including phenoxy) is 1. The highest BCUT2D eigenvalue weighted by molar-refractivity contribution is 5.68. The molecule has 1 aliphatic rings. The van der Waals surface area contributed by atoms with Crippen LogP contribution in [-0.2, 0) is 4.74 Å². The van der Waals surface area contributed by atoms with Gasteiger partial charge in [-0.3, -0.25) is 4.90 Å². The molecule has 87 valence electrons. The maximum atomic E-state index is 11.3. The Bertz CT molecular complexity index is 205. The molecule has 0 aromatic heterocycles. The average molecular weight is 213 g/mol. The van der Waals surface area contributed by atoms with E-state index in [0.29, 0.717) is 0 Å². The molecule has 1 heterocycles. The fourth-order valence-electron chi connectivity index (χ4n) is 1.50. The van der Waals surface area contributed by atoms with E-state index in [4.69, 9.17) is 4.74 Å². The lowest BCUT2D eigenvalue weighted by molar-refractivity contribution is 0.0519. The lowest BCUT2D eigenvalue weighted by atomic mass is 10.1. The number of nitrogens with zero attached hydrogens (tertiary/aromatic N) is 1. The molecule has 0 spiro atoms. The number of carbonyl (C=O) groups excluding carboxylic acids is 1. The zero-order valence-corrected chi connectivity index (χ0v) is 9.88.